The lowest BCUT2D eigenvalue weighted by molar-refractivity contribution is 0.108. The highest BCUT2D eigenvalue weighted by molar-refractivity contribution is 5.27. The molecule has 1 aromatic rings. The fourth-order valence-corrected chi connectivity index (χ4v) is 1.92. The number of aromatic nitrogens is 2. The lowest BCUT2D eigenvalue weighted by Gasteiger charge is -2.14. The Kier molecular flexibility index (Phi) is 4.14. The van der Waals surface area contributed by atoms with E-state index in [1.165, 1.54) is 0 Å². The second-order valence-corrected chi connectivity index (χ2v) is 4.16. The lowest BCUT2D eigenvalue weighted by atomic mass is 10.0. The molecular weight excluding hydrogens is 218 g/mol. The number of nitrogens with zero attached hydrogens (tertiary/aromatic N) is 2. The molecule has 0 spiro atoms. The summed E-state index contributed by atoms with van der Waals surface area (Å²) in [5, 5.41) is 3.23. The maximum Gasteiger partial charge on any atom is 0.225 e. The van der Waals surface area contributed by atoms with Gasteiger partial charge in [-0.3, -0.25) is 0 Å². The van der Waals surface area contributed by atoms with Crippen molar-refractivity contribution < 1.29 is 9.47 Å². The van der Waals surface area contributed by atoms with Crippen LogP contribution in [0.3, 0.4) is 0 Å². The van der Waals surface area contributed by atoms with Gasteiger partial charge < -0.3 is 14.8 Å². The second-order valence-electron chi connectivity index (χ2n) is 4.16. The van der Waals surface area contributed by atoms with Crippen LogP contribution in [0.4, 0.5) is 5.95 Å². The summed E-state index contributed by atoms with van der Waals surface area (Å²) in [6.45, 7) is 6.36. The van der Waals surface area contributed by atoms with E-state index >= 15 is 0 Å². The van der Waals surface area contributed by atoms with Gasteiger partial charge in [0.05, 0.1) is 12.7 Å². The molecule has 2 unspecified atom stereocenters. The Hall–Kier alpha value is -1.36. The summed E-state index contributed by atoms with van der Waals surface area (Å²) >= 11 is 0. The molecule has 17 heavy (non-hydrogen) atoms. The van der Waals surface area contributed by atoms with Gasteiger partial charge in [-0.15, -0.1) is 0 Å². The topological polar surface area (TPSA) is 56.3 Å². The summed E-state index contributed by atoms with van der Waals surface area (Å²) < 4.78 is 10.8. The number of rotatable bonds is 5. The minimum atomic E-state index is 0.317. The van der Waals surface area contributed by atoms with Crippen molar-refractivity contribution in [1.82, 2.24) is 9.97 Å². The van der Waals surface area contributed by atoms with Crippen molar-refractivity contribution >= 4 is 5.95 Å². The first-order chi connectivity index (χ1) is 8.29. The summed E-state index contributed by atoms with van der Waals surface area (Å²) in [5.74, 6) is 1.77. The zero-order chi connectivity index (χ0) is 12.1. The molecule has 2 rings (SSSR count). The normalized spacial score (nSPS) is 23.6. The van der Waals surface area contributed by atoms with E-state index in [-0.39, 0.29) is 0 Å². The largest absolute Gasteiger partial charge is 0.478 e. The van der Waals surface area contributed by atoms with E-state index < -0.39 is 0 Å². The van der Waals surface area contributed by atoms with E-state index in [1.54, 1.807) is 12.3 Å². The molecule has 1 aliphatic heterocycles. The van der Waals surface area contributed by atoms with E-state index in [4.69, 9.17) is 9.47 Å². The third-order valence-electron chi connectivity index (χ3n) is 2.98. The standard InChI is InChI=1S/C12H19N3O2/c1-3-16-11-4-6-13-12(15-11)14-8-10-5-7-17-9(10)2/h4,6,9-10H,3,5,7-8H2,1-2H3,(H,13,14,15). The molecule has 1 aromatic heterocycles. The Morgan fingerprint density at radius 3 is 3.18 bits per heavy atom. The molecule has 0 bridgehead atoms. The number of hydrogen-bond donors (Lipinski definition) is 1. The van der Waals surface area contributed by atoms with Crippen LogP contribution < -0.4 is 10.1 Å². The van der Waals surface area contributed by atoms with Crippen LogP contribution in [0, 0.1) is 5.92 Å². The number of hydrogen-bond acceptors (Lipinski definition) is 5. The van der Waals surface area contributed by atoms with Gasteiger partial charge in [0.2, 0.25) is 11.8 Å². The van der Waals surface area contributed by atoms with Crippen molar-refractivity contribution in [1.29, 1.82) is 0 Å². The van der Waals surface area contributed by atoms with E-state index in [1.807, 2.05) is 6.92 Å². The third-order valence-corrected chi connectivity index (χ3v) is 2.98. The van der Waals surface area contributed by atoms with Crippen LogP contribution >= 0.6 is 0 Å². The molecule has 2 atom stereocenters. The maximum absolute atomic E-state index is 5.51. The lowest BCUT2D eigenvalue weighted by Crippen LogP contribution is -2.21. The van der Waals surface area contributed by atoms with Crippen LogP contribution in [0.1, 0.15) is 20.3 Å². The van der Waals surface area contributed by atoms with E-state index in [9.17, 15) is 0 Å². The van der Waals surface area contributed by atoms with Gasteiger partial charge in [-0.1, -0.05) is 0 Å². The van der Waals surface area contributed by atoms with Gasteiger partial charge in [-0.05, 0) is 20.3 Å². The van der Waals surface area contributed by atoms with Crippen molar-refractivity contribution in [3.63, 3.8) is 0 Å². The average molecular weight is 237 g/mol. The van der Waals surface area contributed by atoms with Crippen molar-refractivity contribution in [2.45, 2.75) is 26.4 Å². The Morgan fingerprint density at radius 2 is 2.47 bits per heavy atom. The zero-order valence-corrected chi connectivity index (χ0v) is 10.3. The third kappa shape index (κ3) is 3.30. The summed E-state index contributed by atoms with van der Waals surface area (Å²) in [4.78, 5) is 8.43. The van der Waals surface area contributed by atoms with E-state index in [0.717, 1.165) is 19.6 Å². The first-order valence-electron chi connectivity index (χ1n) is 6.11. The van der Waals surface area contributed by atoms with E-state index in [2.05, 4.69) is 22.2 Å². The number of anilines is 1. The van der Waals surface area contributed by atoms with E-state index in [0.29, 0.717) is 30.5 Å². The predicted octanol–water partition coefficient (Wildman–Crippen LogP) is 1.71. The Labute approximate surface area is 102 Å². The molecule has 5 heteroatoms. The average Bonchev–Trinajstić information content (AvgIpc) is 2.73. The summed E-state index contributed by atoms with van der Waals surface area (Å²) in [5.41, 5.74) is 0. The fourth-order valence-electron chi connectivity index (χ4n) is 1.92. The molecule has 0 aromatic carbocycles. The zero-order valence-electron chi connectivity index (χ0n) is 10.3. The summed E-state index contributed by atoms with van der Waals surface area (Å²) in [6, 6.07) is 1.76. The second kappa shape index (κ2) is 5.82. The Balaban J connectivity index is 1.87. The molecule has 2 heterocycles. The first-order valence-corrected chi connectivity index (χ1v) is 6.11. The molecule has 5 nitrogen and oxygen atoms in total. The minimum Gasteiger partial charge on any atom is -0.478 e. The van der Waals surface area contributed by atoms with Crippen molar-refractivity contribution in [2.24, 2.45) is 5.92 Å². The monoisotopic (exact) mass is 237 g/mol. The van der Waals surface area contributed by atoms with Gasteiger partial charge in [-0.25, -0.2) is 4.98 Å². The van der Waals surface area contributed by atoms with Crippen molar-refractivity contribution in [2.75, 3.05) is 25.1 Å². The molecular formula is C12H19N3O2. The van der Waals surface area contributed by atoms with Crippen LogP contribution in [0.2, 0.25) is 0 Å². The van der Waals surface area contributed by atoms with Crippen LogP contribution in [-0.2, 0) is 4.74 Å². The van der Waals surface area contributed by atoms with Crippen LogP contribution in [0.5, 0.6) is 5.88 Å². The Bertz CT molecular complexity index is 359. The quantitative estimate of drug-likeness (QED) is 0.845. The summed E-state index contributed by atoms with van der Waals surface area (Å²) in [7, 11) is 0. The maximum atomic E-state index is 5.51. The van der Waals surface area contributed by atoms with Gasteiger partial charge in [0.15, 0.2) is 0 Å². The van der Waals surface area contributed by atoms with Crippen molar-refractivity contribution in [3.05, 3.63) is 12.3 Å². The smallest absolute Gasteiger partial charge is 0.225 e. The highest BCUT2D eigenvalue weighted by Crippen LogP contribution is 2.20. The van der Waals surface area contributed by atoms with Gasteiger partial charge in [0, 0.05) is 31.3 Å². The van der Waals surface area contributed by atoms with Crippen molar-refractivity contribution in [3.8, 4) is 5.88 Å². The molecule has 0 aliphatic carbocycles. The minimum absolute atomic E-state index is 0.317. The molecule has 1 fully saturated rings. The first kappa shape index (κ1) is 12.1. The molecule has 94 valence electrons. The van der Waals surface area contributed by atoms with Crippen LogP contribution in [0.15, 0.2) is 12.3 Å². The highest BCUT2D eigenvalue weighted by atomic mass is 16.5. The predicted molar refractivity (Wildman–Crippen MR) is 65.2 cm³/mol. The van der Waals surface area contributed by atoms with Gasteiger partial charge in [0.1, 0.15) is 0 Å². The molecule has 0 radical (unpaired) electrons. The SMILES string of the molecule is CCOc1ccnc(NCC2CCOC2C)n1. The highest BCUT2D eigenvalue weighted by Gasteiger charge is 2.23. The molecule has 1 aliphatic rings. The van der Waals surface area contributed by atoms with Crippen LogP contribution in [0.25, 0.3) is 0 Å². The van der Waals surface area contributed by atoms with Gasteiger partial charge in [-0.2, -0.15) is 4.98 Å². The van der Waals surface area contributed by atoms with Gasteiger partial charge >= 0.3 is 0 Å². The fraction of sp³-hybridized carbons (Fsp3) is 0.667. The number of nitrogens with one attached hydrogen (secondary N) is 1. The van der Waals surface area contributed by atoms with Crippen LogP contribution in [-0.4, -0.2) is 35.8 Å². The Morgan fingerprint density at radius 1 is 1.59 bits per heavy atom. The molecule has 0 saturated carbocycles. The molecule has 1 saturated heterocycles. The number of ether oxygens (including phenoxy) is 2. The van der Waals surface area contributed by atoms with Gasteiger partial charge in [0.25, 0.3) is 0 Å². The summed E-state index contributed by atoms with van der Waals surface area (Å²) in [6.07, 6.45) is 3.12. The molecule has 0 amide bonds. The molecule has 1 N–H and O–H groups in total.